The van der Waals surface area contributed by atoms with Gasteiger partial charge in [-0.15, -0.1) is 0 Å². The van der Waals surface area contributed by atoms with E-state index in [0.717, 1.165) is 16.6 Å². The van der Waals surface area contributed by atoms with Gasteiger partial charge in [0.15, 0.2) is 5.78 Å². The smallest absolute Gasteiger partial charge is 0.253 e. The van der Waals surface area contributed by atoms with Gasteiger partial charge in [-0.3, -0.25) is 24.0 Å². The minimum atomic E-state index is -0.0934. The van der Waals surface area contributed by atoms with Crippen molar-refractivity contribution >= 4 is 28.5 Å². The first-order valence-electron chi connectivity index (χ1n) is 13.5. The number of piperazine rings is 1. The monoisotopic (exact) mass is 539 g/mol. The summed E-state index contributed by atoms with van der Waals surface area (Å²) in [5.41, 5.74) is 3.30. The van der Waals surface area contributed by atoms with Crippen LogP contribution in [0.5, 0.6) is 5.75 Å². The van der Waals surface area contributed by atoms with E-state index >= 15 is 0 Å². The lowest BCUT2D eigenvalue weighted by molar-refractivity contribution is -0.133. The Kier molecular flexibility index (Phi) is 7.91. The topological polar surface area (TPSA) is 97.6 Å². The Morgan fingerprint density at radius 3 is 2.35 bits per heavy atom. The summed E-state index contributed by atoms with van der Waals surface area (Å²) in [7, 11) is 0. The number of nitrogens with zero attached hydrogens (tertiary/aromatic N) is 5. The summed E-state index contributed by atoms with van der Waals surface area (Å²) in [5, 5.41) is 5.44. The number of aryl methyl sites for hydroxylation is 1. The van der Waals surface area contributed by atoms with Gasteiger partial charge in [0.05, 0.1) is 11.6 Å². The van der Waals surface area contributed by atoms with Gasteiger partial charge in [-0.1, -0.05) is 24.3 Å². The van der Waals surface area contributed by atoms with Gasteiger partial charge in [0.25, 0.3) is 5.91 Å². The summed E-state index contributed by atoms with van der Waals surface area (Å²) >= 11 is 0. The molecule has 0 spiro atoms. The Hall–Kier alpha value is -4.53. The van der Waals surface area contributed by atoms with E-state index in [1.165, 1.54) is 0 Å². The number of carbonyl (C=O) groups is 3. The number of fused-ring (bicyclic) bond motifs is 1. The van der Waals surface area contributed by atoms with E-state index in [1.54, 1.807) is 32.7 Å². The molecule has 40 heavy (non-hydrogen) atoms. The van der Waals surface area contributed by atoms with Crippen molar-refractivity contribution in [2.75, 3.05) is 26.2 Å². The number of pyridine rings is 1. The van der Waals surface area contributed by atoms with E-state index < -0.39 is 0 Å². The largest absolute Gasteiger partial charge is 0.491 e. The zero-order valence-corrected chi connectivity index (χ0v) is 23.0. The van der Waals surface area contributed by atoms with Gasteiger partial charge >= 0.3 is 0 Å². The molecular weight excluding hydrogens is 506 g/mol. The lowest BCUT2D eigenvalue weighted by Crippen LogP contribution is -2.51. The molecule has 0 atom stereocenters. The molecule has 2 aromatic carbocycles. The zero-order chi connectivity index (χ0) is 28.2. The fourth-order valence-electron chi connectivity index (χ4n) is 4.86. The summed E-state index contributed by atoms with van der Waals surface area (Å²) in [6.07, 6.45) is 1.88. The van der Waals surface area contributed by atoms with Crippen LogP contribution in [-0.4, -0.2) is 74.4 Å². The lowest BCUT2D eigenvalue weighted by Gasteiger charge is -2.34. The van der Waals surface area contributed by atoms with E-state index in [-0.39, 0.29) is 36.7 Å². The molecule has 3 heterocycles. The second-order valence-corrected chi connectivity index (χ2v) is 10.3. The molecule has 206 valence electrons. The first kappa shape index (κ1) is 27.1. The van der Waals surface area contributed by atoms with Gasteiger partial charge in [-0.05, 0) is 51.1 Å². The normalized spacial score (nSPS) is 13.6. The van der Waals surface area contributed by atoms with Crippen LogP contribution in [0.4, 0.5) is 0 Å². The molecule has 2 aromatic heterocycles. The molecule has 5 rings (SSSR count). The van der Waals surface area contributed by atoms with Gasteiger partial charge in [0.1, 0.15) is 18.0 Å². The quantitative estimate of drug-likeness (QED) is 0.315. The highest BCUT2D eigenvalue weighted by atomic mass is 16.5. The van der Waals surface area contributed by atoms with Crippen LogP contribution in [-0.2, 0) is 17.8 Å². The number of ketones is 1. The minimum Gasteiger partial charge on any atom is -0.491 e. The minimum absolute atomic E-state index is 0.0158. The van der Waals surface area contributed by atoms with Crippen LogP contribution in [0.2, 0.25) is 0 Å². The summed E-state index contributed by atoms with van der Waals surface area (Å²) < 4.78 is 7.66. The third-order valence-corrected chi connectivity index (χ3v) is 6.86. The van der Waals surface area contributed by atoms with Gasteiger partial charge < -0.3 is 14.5 Å². The molecule has 0 radical (unpaired) electrons. The second-order valence-electron chi connectivity index (χ2n) is 10.3. The molecule has 0 N–H and O–H groups in total. The van der Waals surface area contributed by atoms with Crippen molar-refractivity contribution in [2.24, 2.45) is 0 Å². The molecule has 4 aromatic rings. The molecule has 0 saturated carbocycles. The maximum absolute atomic E-state index is 13.1. The molecule has 0 unspecified atom stereocenters. The molecule has 1 aliphatic heterocycles. The van der Waals surface area contributed by atoms with Crippen LogP contribution >= 0.6 is 0 Å². The number of aromatic nitrogens is 3. The molecule has 1 fully saturated rings. The maximum Gasteiger partial charge on any atom is 0.253 e. The number of benzene rings is 2. The van der Waals surface area contributed by atoms with E-state index in [4.69, 9.17) is 4.74 Å². The average molecular weight is 540 g/mol. The Bertz CT molecular complexity index is 1540. The predicted molar refractivity (Wildman–Crippen MR) is 151 cm³/mol. The number of carbonyl (C=O) groups excluding carboxylic acids is 3. The van der Waals surface area contributed by atoms with Crippen molar-refractivity contribution in [3.63, 3.8) is 0 Å². The highest BCUT2D eigenvalue weighted by Gasteiger charge is 2.25. The van der Waals surface area contributed by atoms with Gasteiger partial charge in [-0.2, -0.15) is 5.10 Å². The standard InChI is InChI=1S/C31H33N5O4/c1-21(2)40-29-18-27-25(16-24(29)17-28(37)26-11-7-8-22(3)32-26)19-36(33-27)20-30(38)34-12-14-35(15-13-34)31(39)23-9-5-4-6-10-23/h4-11,16,18-19,21H,12-15,17,20H2,1-3H3. The van der Waals surface area contributed by atoms with Crippen LogP contribution < -0.4 is 4.74 Å². The number of rotatable bonds is 8. The Labute approximate surface area is 233 Å². The second kappa shape index (κ2) is 11.7. The maximum atomic E-state index is 13.1. The summed E-state index contributed by atoms with van der Waals surface area (Å²) in [5.74, 6) is 0.431. The van der Waals surface area contributed by atoms with E-state index in [9.17, 15) is 14.4 Å². The summed E-state index contributed by atoms with van der Waals surface area (Å²) in [6.45, 7) is 7.74. The molecule has 0 bridgehead atoms. The van der Waals surface area contributed by atoms with Crippen LogP contribution in [0, 0.1) is 6.92 Å². The first-order chi connectivity index (χ1) is 19.3. The van der Waals surface area contributed by atoms with Gasteiger partial charge in [0.2, 0.25) is 5.91 Å². The molecule has 9 heteroatoms. The van der Waals surface area contributed by atoms with Crippen molar-refractivity contribution in [1.29, 1.82) is 0 Å². The fraction of sp³-hybridized carbons (Fsp3) is 0.323. The molecule has 1 saturated heterocycles. The van der Waals surface area contributed by atoms with E-state index in [0.29, 0.717) is 48.7 Å². The number of amides is 2. The van der Waals surface area contributed by atoms with Crippen molar-refractivity contribution in [3.05, 3.63) is 89.4 Å². The molecular formula is C31H33N5O4. The van der Waals surface area contributed by atoms with Gasteiger partial charge in [0, 0.05) is 67.1 Å². The number of Topliss-reactive ketones (excluding diaryl/α,β-unsaturated/α-hetero) is 1. The first-order valence-corrected chi connectivity index (χ1v) is 13.5. The molecule has 0 aliphatic carbocycles. The van der Waals surface area contributed by atoms with Gasteiger partial charge in [-0.25, -0.2) is 0 Å². The van der Waals surface area contributed by atoms with Crippen molar-refractivity contribution in [1.82, 2.24) is 24.6 Å². The molecule has 9 nitrogen and oxygen atoms in total. The van der Waals surface area contributed by atoms with Crippen molar-refractivity contribution < 1.29 is 19.1 Å². The van der Waals surface area contributed by atoms with E-state index in [2.05, 4.69) is 10.1 Å². The van der Waals surface area contributed by atoms with Crippen molar-refractivity contribution in [2.45, 2.75) is 39.8 Å². The SMILES string of the molecule is Cc1cccc(C(=O)Cc2cc3cn(CC(=O)N4CCN(C(=O)c5ccccc5)CC4)nc3cc2OC(C)C)n1. The van der Waals surface area contributed by atoms with Crippen molar-refractivity contribution in [3.8, 4) is 5.75 Å². The predicted octanol–water partition coefficient (Wildman–Crippen LogP) is 3.94. The summed E-state index contributed by atoms with van der Waals surface area (Å²) in [6, 6.07) is 18.3. The highest BCUT2D eigenvalue weighted by Crippen LogP contribution is 2.28. The van der Waals surface area contributed by atoms with E-state index in [1.807, 2.05) is 69.4 Å². The molecule has 1 aliphatic rings. The number of hydrogen-bond donors (Lipinski definition) is 0. The summed E-state index contributed by atoms with van der Waals surface area (Å²) in [4.78, 5) is 46.7. The highest BCUT2D eigenvalue weighted by molar-refractivity contribution is 5.97. The fourth-order valence-corrected chi connectivity index (χ4v) is 4.86. The lowest BCUT2D eigenvalue weighted by atomic mass is 10.0. The van der Waals surface area contributed by atoms with Crippen LogP contribution in [0.3, 0.4) is 0 Å². The number of hydrogen-bond acceptors (Lipinski definition) is 6. The Morgan fingerprint density at radius 2 is 1.65 bits per heavy atom. The zero-order valence-electron chi connectivity index (χ0n) is 23.0. The third kappa shape index (κ3) is 6.20. The Morgan fingerprint density at radius 1 is 0.925 bits per heavy atom. The van der Waals surface area contributed by atoms with Crippen LogP contribution in [0.15, 0.2) is 66.9 Å². The molecule has 2 amide bonds. The van der Waals surface area contributed by atoms with Crippen LogP contribution in [0.1, 0.15) is 46.0 Å². The van der Waals surface area contributed by atoms with Crippen LogP contribution in [0.25, 0.3) is 10.9 Å². The Balaban J connectivity index is 1.27. The average Bonchev–Trinajstić information content (AvgIpc) is 3.33. The third-order valence-electron chi connectivity index (χ3n) is 6.86. The number of ether oxygens (including phenoxy) is 1.